The highest BCUT2D eigenvalue weighted by Gasteiger charge is 2.04. The van der Waals surface area contributed by atoms with Crippen LogP contribution in [0.15, 0.2) is 52.6 Å². The van der Waals surface area contributed by atoms with Crippen LogP contribution in [0, 0.1) is 0 Å². The molecule has 0 amide bonds. The molecule has 3 nitrogen and oxygen atoms in total. The zero-order valence-electron chi connectivity index (χ0n) is 11.3. The summed E-state index contributed by atoms with van der Waals surface area (Å²) in [7, 11) is 0. The summed E-state index contributed by atoms with van der Waals surface area (Å²) in [6.07, 6.45) is 4.23. The summed E-state index contributed by atoms with van der Waals surface area (Å²) < 4.78 is 0.702. The fraction of sp³-hybridized carbons (Fsp3) is 0.125. The number of rotatable bonds is 5. The molecule has 5 heteroatoms. The van der Waals surface area contributed by atoms with Crippen LogP contribution in [0.2, 0.25) is 0 Å². The average molecular weight is 314 g/mol. The van der Waals surface area contributed by atoms with E-state index in [4.69, 9.17) is 0 Å². The maximum absolute atomic E-state index is 11.8. The van der Waals surface area contributed by atoms with Crippen LogP contribution in [0.3, 0.4) is 0 Å². The number of thiophene rings is 1. The Morgan fingerprint density at radius 1 is 1.24 bits per heavy atom. The summed E-state index contributed by atoms with van der Waals surface area (Å²) in [5.74, 6) is 2.34. The largest absolute Gasteiger partial charge is 0.309 e. The fourth-order valence-electron chi connectivity index (χ4n) is 1.96. The van der Waals surface area contributed by atoms with Crippen molar-refractivity contribution in [2.45, 2.75) is 5.75 Å². The van der Waals surface area contributed by atoms with Crippen LogP contribution in [-0.4, -0.2) is 15.7 Å². The molecule has 21 heavy (non-hydrogen) atoms. The maximum atomic E-state index is 11.8. The number of hydrogen-bond acceptors (Lipinski definition) is 4. The molecule has 0 bridgehead atoms. The average Bonchev–Trinajstić information content (AvgIpc) is 2.97. The number of H-pyrrole nitrogens is 1. The highest BCUT2D eigenvalue weighted by molar-refractivity contribution is 7.98. The Morgan fingerprint density at radius 3 is 2.95 bits per heavy atom. The van der Waals surface area contributed by atoms with Crippen molar-refractivity contribution in [3.63, 3.8) is 0 Å². The van der Waals surface area contributed by atoms with Crippen LogP contribution >= 0.6 is 23.1 Å². The summed E-state index contributed by atoms with van der Waals surface area (Å²) in [4.78, 5) is 19.1. The van der Waals surface area contributed by atoms with Crippen molar-refractivity contribution in [3.8, 4) is 0 Å². The minimum absolute atomic E-state index is 0.0366. The molecule has 1 N–H and O–H groups in total. The molecule has 3 aromatic rings. The van der Waals surface area contributed by atoms with E-state index in [0.717, 1.165) is 17.1 Å². The van der Waals surface area contributed by atoms with Crippen molar-refractivity contribution in [1.29, 1.82) is 0 Å². The van der Waals surface area contributed by atoms with Crippen molar-refractivity contribution in [1.82, 2.24) is 9.97 Å². The van der Waals surface area contributed by atoms with Crippen LogP contribution in [0.5, 0.6) is 0 Å². The molecule has 0 radical (unpaired) electrons. The van der Waals surface area contributed by atoms with E-state index in [1.807, 2.05) is 29.6 Å². The number of nitrogens with zero attached hydrogens (tertiary/aromatic N) is 1. The van der Waals surface area contributed by atoms with Gasteiger partial charge in [-0.05, 0) is 17.0 Å². The number of aromatic amines is 1. The third-order valence-corrected chi connectivity index (χ3v) is 4.73. The molecule has 2 heterocycles. The van der Waals surface area contributed by atoms with E-state index in [-0.39, 0.29) is 5.56 Å². The first-order chi connectivity index (χ1) is 10.3. The van der Waals surface area contributed by atoms with Gasteiger partial charge in [0.25, 0.3) is 5.56 Å². The van der Waals surface area contributed by atoms with E-state index >= 15 is 0 Å². The standard InChI is InChI=1S/C16H14N2OS2/c19-16-15-13(8-10-21-15)17-14(18-16)11-20-9-4-7-12-5-2-1-3-6-12/h1-8,10H,9,11H2,(H,17,18,19)/b7-4+. The van der Waals surface area contributed by atoms with Crippen LogP contribution in [0.1, 0.15) is 11.4 Å². The zero-order valence-corrected chi connectivity index (χ0v) is 12.9. The quantitative estimate of drug-likeness (QED) is 0.726. The first-order valence-corrected chi connectivity index (χ1v) is 8.62. The molecular formula is C16H14N2OS2. The van der Waals surface area contributed by atoms with E-state index < -0.39 is 0 Å². The molecule has 3 rings (SSSR count). The third-order valence-electron chi connectivity index (χ3n) is 2.93. The molecule has 1 aromatic carbocycles. The molecule has 2 aromatic heterocycles. The summed E-state index contributed by atoms with van der Waals surface area (Å²) >= 11 is 3.16. The van der Waals surface area contributed by atoms with Gasteiger partial charge < -0.3 is 4.98 Å². The van der Waals surface area contributed by atoms with Crippen molar-refractivity contribution in [2.75, 3.05) is 5.75 Å². The second kappa shape index (κ2) is 6.74. The molecule has 0 atom stereocenters. The summed E-state index contributed by atoms with van der Waals surface area (Å²) in [5, 5.41) is 1.90. The molecule has 0 saturated carbocycles. The fourth-order valence-corrected chi connectivity index (χ4v) is 3.37. The van der Waals surface area contributed by atoms with Gasteiger partial charge in [0.05, 0.1) is 11.3 Å². The second-order valence-corrected chi connectivity index (χ2v) is 6.42. The zero-order chi connectivity index (χ0) is 14.5. The van der Waals surface area contributed by atoms with E-state index in [0.29, 0.717) is 10.5 Å². The van der Waals surface area contributed by atoms with Gasteiger partial charge in [-0.25, -0.2) is 4.98 Å². The summed E-state index contributed by atoms with van der Waals surface area (Å²) in [6.45, 7) is 0. The summed E-state index contributed by atoms with van der Waals surface area (Å²) in [6, 6.07) is 12.1. The Balaban J connectivity index is 1.57. The van der Waals surface area contributed by atoms with Crippen molar-refractivity contribution < 1.29 is 0 Å². The highest BCUT2D eigenvalue weighted by atomic mass is 32.2. The normalized spacial score (nSPS) is 11.4. The van der Waals surface area contributed by atoms with Gasteiger partial charge in [0.15, 0.2) is 0 Å². The van der Waals surface area contributed by atoms with Crippen molar-refractivity contribution >= 4 is 39.4 Å². The maximum Gasteiger partial charge on any atom is 0.268 e. The Bertz CT molecular complexity index is 806. The number of fused-ring (bicyclic) bond motifs is 1. The molecule has 0 aliphatic rings. The van der Waals surface area contributed by atoms with Gasteiger partial charge in [0.2, 0.25) is 0 Å². The molecule has 0 unspecified atom stereocenters. The van der Waals surface area contributed by atoms with Crippen LogP contribution in [0.4, 0.5) is 0 Å². The van der Waals surface area contributed by atoms with E-state index in [9.17, 15) is 4.79 Å². The lowest BCUT2D eigenvalue weighted by Crippen LogP contribution is -2.09. The number of nitrogens with one attached hydrogen (secondary N) is 1. The molecule has 0 fully saturated rings. The topological polar surface area (TPSA) is 45.8 Å². The highest BCUT2D eigenvalue weighted by Crippen LogP contribution is 2.16. The van der Waals surface area contributed by atoms with E-state index in [2.05, 4.69) is 34.3 Å². The SMILES string of the molecule is O=c1[nH]c(CSC/C=C/c2ccccc2)nc2ccsc12. The molecule has 106 valence electrons. The monoisotopic (exact) mass is 314 g/mol. The molecule has 0 saturated heterocycles. The Hall–Kier alpha value is -1.85. The third kappa shape index (κ3) is 3.62. The van der Waals surface area contributed by atoms with E-state index in [1.54, 1.807) is 11.8 Å². The lowest BCUT2D eigenvalue weighted by atomic mass is 10.2. The number of aromatic nitrogens is 2. The summed E-state index contributed by atoms with van der Waals surface area (Å²) in [5.41, 5.74) is 1.95. The second-order valence-electron chi connectivity index (χ2n) is 4.48. The smallest absolute Gasteiger partial charge is 0.268 e. The molecule has 0 aliphatic heterocycles. The molecule has 0 spiro atoms. The Labute approximate surface area is 130 Å². The van der Waals surface area contributed by atoms with Gasteiger partial charge in [-0.1, -0.05) is 42.5 Å². The number of benzene rings is 1. The van der Waals surface area contributed by atoms with Gasteiger partial charge in [-0.2, -0.15) is 0 Å². The van der Waals surface area contributed by atoms with Gasteiger partial charge in [-0.15, -0.1) is 23.1 Å². The van der Waals surface area contributed by atoms with Gasteiger partial charge >= 0.3 is 0 Å². The van der Waals surface area contributed by atoms with E-state index in [1.165, 1.54) is 16.9 Å². The number of hydrogen-bond donors (Lipinski definition) is 1. The first kappa shape index (κ1) is 14.1. The van der Waals surface area contributed by atoms with Crippen LogP contribution in [0.25, 0.3) is 16.3 Å². The first-order valence-electron chi connectivity index (χ1n) is 6.59. The predicted octanol–water partition coefficient (Wildman–Crippen LogP) is 3.93. The lowest BCUT2D eigenvalue weighted by molar-refractivity contribution is 1.04. The van der Waals surface area contributed by atoms with Crippen molar-refractivity contribution in [2.24, 2.45) is 0 Å². The predicted molar refractivity (Wildman–Crippen MR) is 91.9 cm³/mol. The Kier molecular flexibility index (Phi) is 4.52. The minimum Gasteiger partial charge on any atom is -0.309 e. The van der Waals surface area contributed by atoms with Crippen LogP contribution < -0.4 is 5.56 Å². The molecule has 0 aliphatic carbocycles. The minimum atomic E-state index is -0.0366. The van der Waals surface area contributed by atoms with Crippen LogP contribution in [-0.2, 0) is 5.75 Å². The molecular weight excluding hydrogens is 300 g/mol. The number of thioether (sulfide) groups is 1. The lowest BCUT2D eigenvalue weighted by Gasteiger charge is -1.99. The van der Waals surface area contributed by atoms with Gasteiger partial charge in [-0.3, -0.25) is 4.79 Å². The van der Waals surface area contributed by atoms with Crippen molar-refractivity contribution in [3.05, 3.63) is 69.6 Å². The van der Waals surface area contributed by atoms with Gasteiger partial charge in [0.1, 0.15) is 10.5 Å². The van der Waals surface area contributed by atoms with Gasteiger partial charge in [0, 0.05) is 5.75 Å². The Morgan fingerprint density at radius 2 is 2.10 bits per heavy atom.